The van der Waals surface area contributed by atoms with E-state index in [9.17, 15) is 35.9 Å². The van der Waals surface area contributed by atoms with Gasteiger partial charge >= 0.3 is 11.9 Å². The smallest absolute Gasteiger partial charge is 0.343 e. The van der Waals surface area contributed by atoms with Crippen molar-refractivity contribution in [2.75, 3.05) is 20.3 Å². The summed E-state index contributed by atoms with van der Waals surface area (Å²) in [6.45, 7) is -0.945. The van der Waals surface area contributed by atoms with E-state index >= 15 is 0 Å². The van der Waals surface area contributed by atoms with Gasteiger partial charge < -0.3 is 32.9 Å². The number of ether oxygens (including phenoxy) is 3. The first-order valence-electron chi connectivity index (χ1n) is 25.1. The molecule has 0 unspecified atom stereocenters. The van der Waals surface area contributed by atoms with Gasteiger partial charge in [0, 0.05) is 34.9 Å². The predicted molar refractivity (Wildman–Crippen MR) is 288 cm³/mol. The quantitative estimate of drug-likeness (QED) is 0.0475. The molecule has 12 aromatic rings. The van der Waals surface area contributed by atoms with E-state index in [0.29, 0.717) is 56.5 Å². The highest BCUT2D eigenvalue weighted by atomic mass is 35.5. The normalized spacial score (nSPS) is 10.9. The number of aromatic nitrogens is 15. The second-order valence-corrected chi connectivity index (χ2v) is 18.1. The SMILES string of the molecule is COC(=O)COc1nc(-c2cc(-c3ccon3)n(Cc3ccccc3F)n2)ncc1F.Fc1ccccc1Cn1nc(-c2ncc(F)c(Cl)n2)cc1-c1ccon1.O=C(O)COc1nc(-c2cc(-c3ccon3)n(Cc3ccccc3F)n2)ncc1F. The monoisotopic (exact) mass is 1210 g/mol. The molecule has 31 heteroatoms. The standard InChI is InChI=1S/C20H15F2N5O4.C19H13F2N5O4.C17H10ClF2N5O/c1-29-18(28)11-30-20-14(22)9-23-19(24-20)16-8-17(15-6-7-31-26-15)27(25-16)10-12-4-2-3-5-13(12)21;20-12-4-2-1-3-11(12)9-26-16(14-5-6-30-25-14)7-15(24-26)18-22-8-13(21)19(23-18)29-10-17(27)28;18-16-12(20)8-21-17(22-16)14-7-15(13-5-6-26-24-13)25(23-14)9-10-3-1-2-4-11(10)19/h2-9H,10-11H2,1H3;1-8H,9-10H2,(H,27,28);1-8H,9H2. The number of hydrogen-bond donors (Lipinski definition) is 1. The summed E-state index contributed by atoms with van der Waals surface area (Å²) in [6, 6.07) is 28.6. The van der Waals surface area contributed by atoms with Gasteiger partial charge in [-0.3, -0.25) is 14.0 Å². The summed E-state index contributed by atoms with van der Waals surface area (Å²) < 4.78 is 117. The van der Waals surface area contributed by atoms with E-state index in [-0.39, 0.29) is 65.3 Å². The number of carboxylic acid groups (broad SMARTS) is 1. The van der Waals surface area contributed by atoms with Gasteiger partial charge in [-0.2, -0.15) is 34.0 Å². The molecule has 0 aliphatic rings. The molecule has 24 nitrogen and oxygen atoms in total. The number of carboxylic acids is 1. The molecule has 0 spiro atoms. The van der Waals surface area contributed by atoms with E-state index < -0.39 is 60.2 Å². The number of hydrogen-bond acceptors (Lipinski definition) is 20. The number of carbonyl (C=O) groups excluding carboxylic acids is 1. The van der Waals surface area contributed by atoms with Crippen LogP contribution in [0, 0.1) is 34.9 Å². The van der Waals surface area contributed by atoms with Crippen molar-refractivity contribution in [3.8, 4) is 80.5 Å². The second kappa shape index (κ2) is 26.9. The largest absolute Gasteiger partial charge is 0.479 e. The molecular formula is C56H38ClF6N15O9. The molecule has 0 saturated heterocycles. The first-order valence-corrected chi connectivity index (χ1v) is 25.5. The van der Waals surface area contributed by atoms with Crippen molar-refractivity contribution in [3.05, 3.63) is 203 Å². The van der Waals surface area contributed by atoms with Crippen molar-refractivity contribution >= 4 is 23.5 Å². The number of benzene rings is 3. The van der Waals surface area contributed by atoms with E-state index in [1.54, 1.807) is 95.7 Å². The van der Waals surface area contributed by atoms with Crippen molar-refractivity contribution in [2.24, 2.45) is 0 Å². The lowest BCUT2D eigenvalue weighted by Gasteiger charge is -2.07. The number of methoxy groups -OCH3 is 1. The lowest BCUT2D eigenvalue weighted by atomic mass is 10.2. The highest BCUT2D eigenvalue weighted by molar-refractivity contribution is 6.29. The Balaban J connectivity index is 0.000000145. The minimum atomic E-state index is -1.28. The fourth-order valence-electron chi connectivity index (χ4n) is 7.89. The molecular weight excluding hydrogens is 1180 g/mol. The number of rotatable bonds is 18. The second-order valence-electron chi connectivity index (χ2n) is 17.7. The number of halogens is 7. The molecule has 0 aliphatic carbocycles. The molecule has 440 valence electrons. The van der Waals surface area contributed by atoms with Crippen LogP contribution >= 0.6 is 11.6 Å². The van der Waals surface area contributed by atoms with Crippen LogP contribution in [-0.2, 0) is 34.0 Å². The van der Waals surface area contributed by atoms with Crippen LogP contribution in [0.5, 0.6) is 11.8 Å². The molecule has 0 saturated carbocycles. The Bertz CT molecular complexity index is 4340. The number of aliphatic carboxylic acids is 1. The van der Waals surface area contributed by atoms with Crippen molar-refractivity contribution in [1.29, 1.82) is 0 Å². The molecule has 3 aromatic carbocycles. The van der Waals surface area contributed by atoms with E-state index in [2.05, 4.69) is 65.4 Å². The van der Waals surface area contributed by atoms with E-state index in [1.165, 1.54) is 53.5 Å². The number of esters is 1. The van der Waals surface area contributed by atoms with Crippen molar-refractivity contribution in [2.45, 2.75) is 19.6 Å². The predicted octanol–water partition coefficient (Wildman–Crippen LogP) is 9.63. The summed E-state index contributed by atoms with van der Waals surface area (Å²) in [7, 11) is 1.18. The summed E-state index contributed by atoms with van der Waals surface area (Å²) in [5, 5.41) is 33.3. The first kappa shape index (κ1) is 58.8. The van der Waals surface area contributed by atoms with Gasteiger partial charge in [-0.25, -0.2) is 47.1 Å². The van der Waals surface area contributed by atoms with Gasteiger partial charge in [0.15, 0.2) is 41.7 Å². The average Bonchev–Trinajstić information content (AvgIpc) is 3.81. The highest BCUT2D eigenvalue weighted by Crippen LogP contribution is 2.30. The summed E-state index contributed by atoms with van der Waals surface area (Å²) in [5.41, 5.74) is 5.06. The third-order valence-corrected chi connectivity index (χ3v) is 12.2. The van der Waals surface area contributed by atoms with Gasteiger partial charge in [-0.1, -0.05) is 81.7 Å². The van der Waals surface area contributed by atoms with Crippen LogP contribution in [-0.4, -0.2) is 112 Å². The maximum absolute atomic E-state index is 14.2. The van der Waals surface area contributed by atoms with Crippen LogP contribution in [0.3, 0.4) is 0 Å². The minimum absolute atomic E-state index is 0.00572. The highest BCUT2D eigenvalue weighted by Gasteiger charge is 2.23. The summed E-state index contributed by atoms with van der Waals surface area (Å²) in [5.74, 6) is -6.37. The fraction of sp³-hybridized carbons (Fsp3) is 0.107. The Hall–Kier alpha value is -11.4. The molecule has 9 aromatic heterocycles. The zero-order valence-electron chi connectivity index (χ0n) is 44.5. The Kier molecular flexibility index (Phi) is 18.1. The van der Waals surface area contributed by atoms with Crippen LogP contribution in [0.2, 0.25) is 5.15 Å². The average molecular weight is 1210 g/mol. The van der Waals surface area contributed by atoms with E-state index in [4.69, 9.17) is 39.8 Å². The molecule has 0 atom stereocenters. The molecule has 87 heavy (non-hydrogen) atoms. The third-order valence-electron chi connectivity index (χ3n) is 12.0. The maximum atomic E-state index is 14.2. The lowest BCUT2D eigenvalue weighted by molar-refractivity contribution is -0.143. The Morgan fingerprint density at radius 1 is 0.483 bits per heavy atom. The van der Waals surface area contributed by atoms with Gasteiger partial charge in [0.25, 0.3) is 11.8 Å². The molecule has 0 aliphatic heterocycles. The third kappa shape index (κ3) is 14.3. The molecule has 12 rings (SSSR count). The summed E-state index contributed by atoms with van der Waals surface area (Å²) in [4.78, 5) is 45.5. The van der Waals surface area contributed by atoms with E-state index in [1.807, 2.05) is 0 Å². The molecule has 0 fully saturated rings. The summed E-state index contributed by atoms with van der Waals surface area (Å²) >= 11 is 5.72. The van der Waals surface area contributed by atoms with Crippen LogP contribution in [0.4, 0.5) is 26.3 Å². The molecule has 0 amide bonds. The van der Waals surface area contributed by atoms with Crippen molar-refractivity contribution in [3.63, 3.8) is 0 Å². The number of carbonyl (C=O) groups is 2. The topological polar surface area (TPSA) is 291 Å². The molecule has 0 radical (unpaired) electrons. The Morgan fingerprint density at radius 3 is 1.17 bits per heavy atom. The molecule has 9 heterocycles. The molecule has 0 bridgehead atoms. The van der Waals surface area contributed by atoms with Crippen LogP contribution < -0.4 is 9.47 Å². The van der Waals surface area contributed by atoms with E-state index in [0.717, 1.165) is 18.6 Å². The zero-order chi connectivity index (χ0) is 61.0. The summed E-state index contributed by atoms with van der Waals surface area (Å²) in [6.07, 6.45) is 6.91. The van der Waals surface area contributed by atoms with Crippen LogP contribution in [0.15, 0.2) is 160 Å². The Morgan fingerprint density at radius 2 is 0.839 bits per heavy atom. The molecule has 1 N–H and O–H groups in total. The van der Waals surface area contributed by atoms with Crippen molar-refractivity contribution < 1.29 is 68.8 Å². The van der Waals surface area contributed by atoms with Gasteiger partial charge in [0.05, 0.1) is 62.4 Å². The lowest BCUT2D eigenvalue weighted by Crippen LogP contribution is -2.14. The number of nitrogens with zero attached hydrogens (tertiary/aromatic N) is 15. The van der Waals surface area contributed by atoms with Gasteiger partial charge in [-0.05, 0) is 36.4 Å². The van der Waals surface area contributed by atoms with Gasteiger partial charge in [0.2, 0.25) is 11.6 Å². The zero-order valence-corrected chi connectivity index (χ0v) is 45.2. The van der Waals surface area contributed by atoms with Gasteiger partial charge in [-0.15, -0.1) is 0 Å². The fourth-order valence-corrected chi connectivity index (χ4v) is 8.02. The van der Waals surface area contributed by atoms with Crippen LogP contribution in [0.25, 0.3) is 68.7 Å². The first-order chi connectivity index (χ1) is 42.2. The Labute approximate surface area is 489 Å². The minimum Gasteiger partial charge on any atom is -0.479 e. The maximum Gasteiger partial charge on any atom is 0.343 e. The van der Waals surface area contributed by atoms with Crippen molar-refractivity contribution in [1.82, 2.24) is 74.7 Å². The van der Waals surface area contributed by atoms with Gasteiger partial charge in [0.1, 0.15) is 70.4 Å². The van der Waals surface area contributed by atoms with Crippen LogP contribution in [0.1, 0.15) is 16.7 Å².